The molecule has 1 spiro atoms. The Morgan fingerprint density at radius 1 is 0.273 bits per heavy atom. The van der Waals surface area contributed by atoms with E-state index in [-0.39, 0.29) is 0 Å². The number of benzene rings is 8. The molecule has 9 aromatic rings. The molecule has 1 aromatic heterocycles. The average molecular weight is 699 g/mol. The summed E-state index contributed by atoms with van der Waals surface area (Å²) in [7, 11) is 0. The van der Waals surface area contributed by atoms with Gasteiger partial charge in [0, 0.05) is 16.7 Å². The molecule has 2 aliphatic rings. The second-order valence-electron chi connectivity index (χ2n) is 14.5. The summed E-state index contributed by atoms with van der Waals surface area (Å²) in [6.07, 6.45) is 0. The largest absolute Gasteiger partial charge is 0.228 e. The van der Waals surface area contributed by atoms with Crippen LogP contribution in [0.1, 0.15) is 22.3 Å². The van der Waals surface area contributed by atoms with Crippen LogP contribution in [0.5, 0.6) is 0 Å². The van der Waals surface area contributed by atoms with Crippen molar-refractivity contribution in [1.82, 2.24) is 9.97 Å². The van der Waals surface area contributed by atoms with Crippen LogP contribution in [0.4, 0.5) is 0 Å². The summed E-state index contributed by atoms with van der Waals surface area (Å²) >= 11 is 0. The quantitative estimate of drug-likeness (QED) is 0.179. The molecule has 0 radical (unpaired) electrons. The highest BCUT2D eigenvalue weighted by Gasteiger charge is 2.52. The molecule has 1 heterocycles. The predicted octanol–water partition coefficient (Wildman–Crippen LogP) is 13.2. The van der Waals surface area contributed by atoms with Crippen molar-refractivity contribution in [3.05, 3.63) is 229 Å². The van der Waals surface area contributed by atoms with E-state index in [4.69, 9.17) is 9.97 Å². The van der Waals surface area contributed by atoms with Crippen molar-refractivity contribution in [3.63, 3.8) is 0 Å². The molecular formula is C53H34N2. The lowest BCUT2D eigenvalue weighted by molar-refractivity contribution is 0.796. The summed E-state index contributed by atoms with van der Waals surface area (Å²) in [5.74, 6) is 0.706. The first kappa shape index (κ1) is 31.4. The molecule has 0 amide bonds. The average Bonchev–Trinajstić information content (AvgIpc) is 3.74. The summed E-state index contributed by atoms with van der Waals surface area (Å²) in [5.41, 5.74) is 19.9. The highest BCUT2D eigenvalue weighted by Crippen LogP contribution is 2.64. The third-order valence-electron chi connectivity index (χ3n) is 11.5. The van der Waals surface area contributed by atoms with Gasteiger partial charge in [0.05, 0.1) is 16.8 Å². The molecule has 0 unspecified atom stereocenters. The number of nitrogens with zero attached hydrogens (tertiary/aromatic N) is 2. The molecule has 0 saturated heterocycles. The summed E-state index contributed by atoms with van der Waals surface area (Å²) in [4.78, 5) is 10.2. The Labute approximate surface area is 321 Å². The summed E-state index contributed by atoms with van der Waals surface area (Å²) in [5, 5.41) is 0. The second-order valence-corrected chi connectivity index (χ2v) is 14.5. The van der Waals surface area contributed by atoms with Crippen molar-refractivity contribution >= 4 is 0 Å². The molecule has 0 aliphatic heterocycles. The van der Waals surface area contributed by atoms with Crippen LogP contribution in [0.15, 0.2) is 206 Å². The first-order chi connectivity index (χ1) is 27.3. The fourth-order valence-electron chi connectivity index (χ4n) is 9.19. The van der Waals surface area contributed by atoms with Crippen molar-refractivity contribution in [1.29, 1.82) is 0 Å². The maximum absolute atomic E-state index is 5.12. The van der Waals surface area contributed by atoms with Gasteiger partial charge in [0.2, 0.25) is 0 Å². The maximum Gasteiger partial charge on any atom is 0.160 e. The third kappa shape index (κ3) is 4.82. The Balaban J connectivity index is 1.07. The van der Waals surface area contributed by atoms with Crippen LogP contribution in [0.2, 0.25) is 0 Å². The molecule has 256 valence electrons. The van der Waals surface area contributed by atoms with E-state index in [1.807, 2.05) is 12.1 Å². The summed E-state index contributed by atoms with van der Waals surface area (Å²) in [6, 6.07) is 74.4. The van der Waals surface area contributed by atoms with Crippen LogP contribution in [0.3, 0.4) is 0 Å². The number of aromatic nitrogens is 2. The van der Waals surface area contributed by atoms with Gasteiger partial charge in [-0.15, -0.1) is 0 Å². The van der Waals surface area contributed by atoms with Crippen LogP contribution >= 0.6 is 0 Å². The Morgan fingerprint density at radius 2 is 0.655 bits per heavy atom. The van der Waals surface area contributed by atoms with E-state index >= 15 is 0 Å². The maximum atomic E-state index is 5.12. The van der Waals surface area contributed by atoms with Crippen molar-refractivity contribution in [3.8, 4) is 78.4 Å². The molecule has 55 heavy (non-hydrogen) atoms. The van der Waals surface area contributed by atoms with Crippen LogP contribution in [0.25, 0.3) is 78.4 Å². The van der Waals surface area contributed by atoms with Gasteiger partial charge in [0.1, 0.15) is 0 Å². The van der Waals surface area contributed by atoms with E-state index < -0.39 is 5.41 Å². The molecule has 0 atom stereocenters. The molecule has 2 heteroatoms. The van der Waals surface area contributed by atoms with Crippen molar-refractivity contribution in [2.75, 3.05) is 0 Å². The molecular weight excluding hydrogens is 665 g/mol. The van der Waals surface area contributed by atoms with Gasteiger partial charge in [-0.2, -0.15) is 0 Å². The first-order valence-corrected chi connectivity index (χ1v) is 18.9. The highest BCUT2D eigenvalue weighted by molar-refractivity contribution is 5.99. The van der Waals surface area contributed by atoms with E-state index in [1.165, 1.54) is 55.6 Å². The summed E-state index contributed by atoms with van der Waals surface area (Å²) in [6.45, 7) is 0. The molecule has 0 N–H and O–H groups in total. The minimum atomic E-state index is -0.413. The summed E-state index contributed by atoms with van der Waals surface area (Å²) < 4.78 is 0. The van der Waals surface area contributed by atoms with Crippen LogP contribution in [0, 0.1) is 0 Å². The number of hydrogen-bond acceptors (Lipinski definition) is 2. The zero-order valence-electron chi connectivity index (χ0n) is 30.0. The standard InChI is InChI=1S/C53H34N2/c1-3-16-35(17-4-1)49-34-50(36-18-5-2-6-19-36)55-52(54-49)40-23-14-21-38(33-40)37-20-13-22-39(32-37)41-27-15-28-45-44-26-9-12-31-48(44)53(51(41)45)46-29-10-7-24-42(46)43-25-8-11-30-47(43)53/h1-34H. The van der Waals surface area contributed by atoms with Gasteiger partial charge in [0.15, 0.2) is 5.82 Å². The fourth-order valence-corrected chi connectivity index (χ4v) is 9.19. The smallest absolute Gasteiger partial charge is 0.160 e. The van der Waals surface area contributed by atoms with E-state index in [0.29, 0.717) is 5.82 Å². The molecule has 2 nitrogen and oxygen atoms in total. The Bertz CT molecular complexity index is 2810. The lowest BCUT2D eigenvalue weighted by Crippen LogP contribution is -2.26. The zero-order valence-corrected chi connectivity index (χ0v) is 30.0. The van der Waals surface area contributed by atoms with Gasteiger partial charge in [-0.05, 0) is 85.0 Å². The molecule has 8 aromatic carbocycles. The first-order valence-electron chi connectivity index (χ1n) is 18.9. The van der Waals surface area contributed by atoms with Crippen molar-refractivity contribution in [2.24, 2.45) is 0 Å². The normalized spacial score (nSPS) is 12.9. The molecule has 2 aliphatic carbocycles. The van der Waals surface area contributed by atoms with Gasteiger partial charge in [-0.25, -0.2) is 9.97 Å². The third-order valence-corrected chi connectivity index (χ3v) is 11.5. The minimum Gasteiger partial charge on any atom is -0.228 e. The van der Waals surface area contributed by atoms with Crippen molar-refractivity contribution in [2.45, 2.75) is 5.41 Å². The van der Waals surface area contributed by atoms with Gasteiger partial charge in [0.25, 0.3) is 0 Å². The van der Waals surface area contributed by atoms with Gasteiger partial charge >= 0.3 is 0 Å². The number of hydrogen-bond donors (Lipinski definition) is 0. The van der Waals surface area contributed by atoms with Gasteiger partial charge < -0.3 is 0 Å². The minimum absolute atomic E-state index is 0.413. The second kappa shape index (κ2) is 12.5. The Hall–Kier alpha value is -7.16. The SMILES string of the molecule is c1ccc(-c2cc(-c3ccccc3)nc(-c3cccc(-c4cccc(-c5cccc6c5C5(c7ccccc7-c7ccccc75)c5ccccc5-6)c4)c3)n2)cc1. The van der Waals surface area contributed by atoms with Crippen molar-refractivity contribution < 1.29 is 0 Å². The lowest BCUT2D eigenvalue weighted by atomic mass is 9.68. The van der Waals surface area contributed by atoms with Crippen LogP contribution < -0.4 is 0 Å². The highest BCUT2D eigenvalue weighted by atomic mass is 14.9. The molecule has 0 fully saturated rings. The monoisotopic (exact) mass is 698 g/mol. The fraction of sp³-hybridized carbons (Fsp3) is 0.0189. The lowest BCUT2D eigenvalue weighted by Gasteiger charge is -2.32. The number of rotatable bonds is 5. The van der Waals surface area contributed by atoms with Gasteiger partial charge in [-0.3, -0.25) is 0 Å². The van der Waals surface area contributed by atoms with E-state index in [9.17, 15) is 0 Å². The zero-order chi connectivity index (χ0) is 36.3. The van der Waals surface area contributed by atoms with Crippen LogP contribution in [-0.4, -0.2) is 9.97 Å². The van der Waals surface area contributed by atoms with E-state index in [0.717, 1.165) is 39.2 Å². The van der Waals surface area contributed by atoms with E-state index in [2.05, 4.69) is 194 Å². The van der Waals surface area contributed by atoms with E-state index in [1.54, 1.807) is 0 Å². The predicted molar refractivity (Wildman–Crippen MR) is 226 cm³/mol. The van der Waals surface area contributed by atoms with Gasteiger partial charge in [-0.1, -0.05) is 188 Å². The Morgan fingerprint density at radius 3 is 1.22 bits per heavy atom. The Kier molecular flexibility index (Phi) is 7.11. The topological polar surface area (TPSA) is 25.8 Å². The number of fused-ring (bicyclic) bond motifs is 10. The molecule has 0 bridgehead atoms. The molecule has 11 rings (SSSR count). The molecule has 0 saturated carbocycles. The van der Waals surface area contributed by atoms with Crippen LogP contribution in [-0.2, 0) is 5.41 Å².